The molecule has 3 heteroatoms. The summed E-state index contributed by atoms with van der Waals surface area (Å²) < 4.78 is 19.4. The van der Waals surface area contributed by atoms with Crippen LogP contribution in [0, 0.1) is 19.7 Å². The Balaban J connectivity index is 2.05. The first-order chi connectivity index (χ1) is 10.1. The highest BCUT2D eigenvalue weighted by Crippen LogP contribution is 2.42. The molecule has 0 radical (unpaired) electrons. The lowest BCUT2D eigenvalue weighted by molar-refractivity contribution is 0.304. The average molecular weight is 285 g/mol. The molecule has 3 rings (SSSR count). The number of nitrogens with one attached hydrogen (secondary N) is 1. The Kier molecular flexibility index (Phi) is 3.68. The molecular weight excluding hydrogens is 265 g/mol. The lowest BCUT2D eigenvalue weighted by atomic mass is 9.84. The number of hydrogen-bond acceptors (Lipinski definition) is 2. The summed E-state index contributed by atoms with van der Waals surface area (Å²) in [6.07, 6.45) is 0. The maximum absolute atomic E-state index is 13.5. The second-order valence-electron chi connectivity index (χ2n) is 5.67. The molecule has 0 saturated carbocycles. The minimum Gasteiger partial charge on any atom is -0.493 e. The summed E-state index contributed by atoms with van der Waals surface area (Å²) in [5.41, 5.74) is 4.36. The fraction of sp³-hybridized carbons (Fsp3) is 0.333. The van der Waals surface area contributed by atoms with Gasteiger partial charge in [0.1, 0.15) is 11.6 Å². The number of benzene rings is 2. The maximum atomic E-state index is 13.5. The number of fused-ring (bicyclic) bond motifs is 1. The van der Waals surface area contributed by atoms with Gasteiger partial charge in [-0.3, -0.25) is 0 Å². The summed E-state index contributed by atoms with van der Waals surface area (Å²) in [5, 5.41) is 3.40. The van der Waals surface area contributed by atoms with Crippen molar-refractivity contribution in [1.29, 1.82) is 0 Å². The fourth-order valence-corrected chi connectivity index (χ4v) is 3.42. The zero-order chi connectivity index (χ0) is 15.0. The molecule has 0 amide bonds. The van der Waals surface area contributed by atoms with Gasteiger partial charge < -0.3 is 10.1 Å². The van der Waals surface area contributed by atoms with Gasteiger partial charge in [0.15, 0.2) is 0 Å². The molecule has 0 aliphatic carbocycles. The number of likely N-dealkylation sites (N-methyl/N-ethyl adjacent to an activating group) is 1. The van der Waals surface area contributed by atoms with Crippen LogP contribution in [-0.4, -0.2) is 13.7 Å². The first-order valence-corrected chi connectivity index (χ1v) is 7.27. The quantitative estimate of drug-likeness (QED) is 0.924. The van der Waals surface area contributed by atoms with Gasteiger partial charge in [-0.2, -0.15) is 0 Å². The van der Waals surface area contributed by atoms with E-state index in [1.165, 1.54) is 11.1 Å². The van der Waals surface area contributed by atoms with Crippen molar-refractivity contribution >= 4 is 0 Å². The highest BCUT2D eigenvalue weighted by molar-refractivity contribution is 5.45. The highest BCUT2D eigenvalue weighted by Gasteiger charge is 2.32. The van der Waals surface area contributed by atoms with E-state index in [9.17, 15) is 4.39 Å². The molecule has 1 heterocycles. The minimum atomic E-state index is -0.174. The molecular formula is C18H20FNO. The summed E-state index contributed by atoms with van der Waals surface area (Å²) in [6, 6.07) is 11.5. The summed E-state index contributed by atoms with van der Waals surface area (Å²) in [6.45, 7) is 4.59. The van der Waals surface area contributed by atoms with E-state index in [4.69, 9.17) is 4.74 Å². The molecule has 0 saturated heterocycles. The Hall–Kier alpha value is -1.87. The van der Waals surface area contributed by atoms with Crippen LogP contribution in [0.2, 0.25) is 0 Å². The van der Waals surface area contributed by atoms with Crippen molar-refractivity contribution in [2.24, 2.45) is 0 Å². The van der Waals surface area contributed by atoms with Gasteiger partial charge in [0.25, 0.3) is 0 Å². The second-order valence-corrected chi connectivity index (χ2v) is 5.67. The third kappa shape index (κ3) is 2.42. The molecule has 2 nitrogen and oxygen atoms in total. The van der Waals surface area contributed by atoms with Crippen molar-refractivity contribution < 1.29 is 9.13 Å². The predicted octanol–water partition coefficient (Wildman–Crippen LogP) is 3.88. The molecule has 21 heavy (non-hydrogen) atoms. The number of aryl methyl sites for hydroxylation is 2. The van der Waals surface area contributed by atoms with Crippen molar-refractivity contribution in [1.82, 2.24) is 5.32 Å². The van der Waals surface area contributed by atoms with Gasteiger partial charge in [-0.25, -0.2) is 4.39 Å². The standard InChI is InChI=1S/C18H20FNO/c1-11-8-13(19)9-12(2)17(11)18(20-3)15-10-21-16-7-5-4-6-14(15)16/h4-9,15,18,20H,10H2,1-3H3. The molecule has 1 aliphatic heterocycles. The summed E-state index contributed by atoms with van der Waals surface area (Å²) >= 11 is 0. The van der Waals surface area contributed by atoms with E-state index in [1.54, 1.807) is 12.1 Å². The maximum Gasteiger partial charge on any atom is 0.123 e. The van der Waals surface area contributed by atoms with Crippen LogP contribution >= 0.6 is 0 Å². The van der Waals surface area contributed by atoms with Crippen molar-refractivity contribution in [2.45, 2.75) is 25.8 Å². The van der Waals surface area contributed by atoms with E-state index >= 15 is 0 Å². The Morgan fingerprint density at radius 2 is 1.86 bits per heavy atom. The smallest absolute Gasteiger partial charge is 0.123 e. The van der Waals surface area contributed by atoms with Gasteiger partial charge >= 0.3 is 0 Å². The lowest BCUT2D eigenvalue weighted by Gasteiger charge is -2.26. The fourth-order valence-electron chi connectivity index (χ4n) is 3.42. The lowest BCUT2D eigenvalue weighted by Crippen LogP contribution is -2.26. The van der Waals surface area contributed by atoms with E-state index in [-0.39, 0.29) is 17.8 Å². The first kappa shape index (κ1) is 14.1. The van der Waals surface area contributed by atoms with Gasteiger partial charge in [0.05, 0.1) is 6.61 Å². The van der Waals surface area contributed by atoms with Crippen molar-refractivity contribution in [2.75, 3.05) is 13.7 Å². The van der Waals surface area contributed by atoms with E-state index in [0.29, 0.717) is 6.61 Å². The molecule has 1 N–H and O–H groups in total. The van der Waals surface area contributed by atoms with Gasteiger partial charge in [-0.05, 0) is 55.8 Å². The molecule has 0 aromatic heterocycles. The Morgan fingerprint density at radius 3 is 2.52 bits per heavy atom. The number of hydrogen-bond donors (Lipinski definition) is 1. The molecule has 2 atom stereocenters. The normalized spacial score (nSPS) is 18.2. The first-order valence-electron chi connectivity index (χ1n) is 7.27. The van der Waals surface area contributed by atoms with Crippen molar-refractivity contribution in [3.63, 3.8) is 0 Å². The number of halogens is 1. The SMILES string of the molecule is CNC(c1c(C)cc(F)cc1C)C1COc2ccccc21. The van der Waals surface area contributed by atoms with Gasteiger partial charge in [-0.1, -0.05) is 18.2 Å². The molecule has 0 spiro atoms. The van der Waals surface area contributed by atoms with E-state index < -0.39 is 0 Å². The van der Waals surface area contributed by atoms with E-state index in [1.807, 2.05) is 39.1 Å². The van der Waals surface area contributed by atoms with E-state index in [2.05, 4.69) is 11.4 Å². The van der Waals surface area contributed by atoms with Crippen LogP contribution in [0.4, 0.5) is 4.39 Å². The largest absolute Gasteiger partial charge is 0.493 e. The summed E-state index contributed by atoms with van der Waals surface area (Å²) in [4.78, 5) is 0. The van der Waals surface area contributed by atoms with Crippen LogP contribution in [-0.2, 0) is 0 Å². The van der Waals surface area contributed by atoms with Gasteiger partial charge in [0.2, 0.25) is 0 Å². The van der Waals surface area contributed by atoms with E-state index in [0.717, 1.165) is 16.9 Å². The van der Waals surface area contributed by atoms with Gasteiger partial charge in [-0.15, -0.1) is 0 Å². The van der Waals surface area contributed by atoms with Crippen LogP contribution < -0.4 is 10.1 Å². The molecule has 2 aromatic carbocycles. The molecule has 110 valence electrons. The molecule has 2 aromatic rings. The van der Waals surface area contributed by atoms with Crippen molar-refractivity contribution in [3.05, 3.63) is 64.5 Å². The minimum absolute atomic E-state index is 0.120. The Labute approximate surface area is 125 Å². The van der Waals surface area contributed by atoms with Crippen LogP contribution in [0.3, 0.4) is 0 Å². The van der Waals surface area contributed by atoms with Crippen molar-refractivity contribution in [3.8, 4) is 5.75 Å². The van der Waals surface area contributed by atoms with Crippen LogP contribution in [0.5, 0.6) is 5.75 Å². The molecule has 0 bridgehead atoms. The monoisotopic (exact) mass is 285 g/mol. The summed E-state index contributed by atoms with van der Waals surface area (Å²) in [7, 11) is 1.95. The predicted molar refractivity (Wildman–Crippen MR) is 82.4 cm³/mol. The number of ether oxygens (including phenoxy) is 1. The highest BCUT2D eigenvalue weighted by atomic mass is 19.1. The number of rotatable bonds is 3. The number of para-hydroxylation sites is 1. The zero-order valence-corrected chi connectivity index (χ0v) is 12.6. The third-order valence-electron chi connectivity index (χ3n) is 4.32. The van der Waals surface area contributed by atoms with Crippen LogP contribution in [0.15, 0.2) is 36.4 Å². The van der Waals surface area contributed by atoms with Gasteiger partial charge in [0, 0.05) is 17.5 Å². The third-order valence-corrected chi connectivity index (χ3v) is 4.32. The summed E-state index contributed by atoms with van der Waals surface area (Å²) in [5.74, 6) is 1.03. The molecule has 2 unspecified atom stereocenters. The average Bonchev–Trinajstić information content (AvgIpc) is 2.86. The second kappa shape index (κ2) is 5.49. The topological polar surface area (TPSA) is 21.3 Å². The molecule has 0 fully saturated rings. The Bertz CT molecular complexity index is 645. The van der Waals surface area contributed by atoms with Crippen LogP contribution in [0.1, 0.15) is 34.2 Å². The van der Waals surface area contributed by atoms with Crippen LogP contribution in [0.25, 0.3) is 0 Å². The zero-order valence-electron chi connectivity index (χ0n) is 12.6. The Morgan fingerprint density at radius 1 is 1.19 bits per heavy atom. The molecule has 1 aliphatic rings.